The molecule has 0 bridgehead atoms. The molecule has 2 aromatic heterocycles. The van der Waals surface area contributed by atoms with Crippen LogP contribution in [-0.2, 0) is 23.2 Å². The lowest BCUT2D eigenvalue weighted by atomic mass is 9.79. The topological polar surface area (TPSA) is 120 Å². The quantitative estimate of drug-likeness (QED) is 0.644. The van der Waals surface area contributed by atoms with Gasteiger partial charge in [0, 0.05) is 25.6 Å². The maximum absolute atomic E-state index is 12.6. The lowest BCUT2D eigenvalue weighted by molar-refractivity contribution is -0.143. The normalized spacial score (nSPS) is 27.9. The Labute approximate surface area is 210 Å². The van der Waals surface area contributed by atoms with Crippen LogP contribution in [0.4, 0.5) is 4.79 Å². The lowest BCUT2D eigenvalue weighted by Crippen LogP contribution is -2.29. The first-order chi connectivity index (χ1) is 17.3. The standard InChI is InChI=1S/C26H33N5O5/c1-16-20(36-21-13-26(21)7-3-4-17(12-26)23(32)33)6-5-18(27-16)22-19(30(2)29-28-22)14-35-24(34)31-11-10-25(15-31)8-9-25/h5-6,17,21H,3-4,7-15H2,1-2H3,(H,32,33)/t17-,21?,26?/m0/s1. The molecule has 4 aliphatic rings. The molecule has 2 spiro atoms. The van der Waals surface area contributed by atoms with Crippen molar-refractivity contribution < 1.29 is 24.2 Å². The van der Waals surface area contributed by atoms with E-state index in [1.54, 1.807) is 16.6 Å². The third-order valence-electron chi connectivity index (χ3n) is 8.82. The Hall–Kier alpha value is -3.17. The number of carboxylic acids is 1. The summed E-state index contributed by atoms with van der Waals surface area (Å²) in [5.41, 5.74) is 3.00. The van der Waals surface area contributed by atoms with Gasteiger partial charge >= 0.3 is 12.1 Å². The molecule has 4 fully saturated rings. The number of aliphatic carboxylic acids is 1. The first-order valence-corrected chi connectivity index (χ1v) is 13.0. The molecule has 0 aromatic carbocycles. The highest BCUT2D eigenvalue weighted by Crippen LogP contribution is 2.59. The SMILES string of the molecule is Cc1nc(-c2nnn(C)c2COC(=O)N2CCC3(CC3)C2)ccc1OC1CC12CCC[C@H](C(=O)O)C2. The minimum atomic E-state index is -0.695. The van der Waals surface area contributed by atoms with Gasteiger partial charge in [-0.25, -0.2) is 14.5 Å². The van der Waals surface area contributed by atoms with Gasteiger partial charge in [0.25, 0.3) is 0 Å². The molecule has 1 amide bonds. The maximum Gasteiger partial charge on any atom is 0.410 e. The van der Waals surface area contributed by atoms with E-state index in [1.165, 1.54) is 12.8 Å². The number of pyridine rings is 1. The van der Waals surface area contributed by atoms with Crippen LogP contribution in [0.15, 0.2) is 12.1 Å². The fourth-order valence-corrected chi connectivity index (χ4v) is 6.15. The number of hydrogen-bond donors (Lipinski definition) is 1. The molecule has 3 saturated carbocycles. The van der Waals surface area contributed by atoms with Crippen molar-refractivity contribution >= 4 is 12.1 Å². The number of carboxylic acid groups (broad SMARTS) is 1. The van der Waals surface area contributed by atoms with Gasteiger partial charge < -0.3 is 19.5 Å². The van der Waals surface area contributed by atoms with Crippen LogP contribution in [0, 0.1) is 23.7 Å². The van der Waals surface area contributed by atoms with Crippen molar-refractivity contribution in [2.24, 2.45) is 23.8 Å². The van der Waals surface area contributed by atoms with Crippen molar-refractivity contribution in [1.82, 2.24) is 24.9 Å². The number of nitrogens with zero attached hydrogens (tertiary/aromatic N) is 5. The number of aryl methyl sites for hydroxylation is 2. The number of hydrogen-bond acceptors (Lipinski definition) is 7. The predicted octanol–water partition coefficient (Wildman–Crippen LogP) is 3.72. The minimum absolute atomic E-state index is 0.0110. The van der Waals surface area contributed by atoms with Gasteiger partial charge in [-0.05, 0) is 69.4 Å². The molecule has 1 N–H and O–H groups in total. The van der Waals surface area contributed by atoms with E-state index in [0.717, 1.165) is 50.9 Å². The molecule has 3 aliphatic carbocycles. The van der Waals surface area contributed by atoms with Gasteiger partial charge in [-0.3, -0.25) is 4.79 Å². The van der Waals surface area contributed by atoms with Gasteiger partial charge in [-0.1, -0.05) is 11.6 Å². The summed E-state index contributed by atoms with van der Waals surface area (Å²) in [4.78, 5) is 30.6. The Balaban J connectivity index is 1.11. The second-order valence-electron chi connectivity index (χ2n) is 11.3. The summed E-state index contributed by atoms with van der Waals surface area (Å²) < 4.78 is 13.5. The Morgan fingerprint density at radius 2 is 2.03 bits per heavy atom. The minimum Gasteiger partial charge on any atom is -0.488 e. The van der Waals surface area contributed by atoms with Crippen LogP contribution in [0.1, 0.15) is 62.8 Å². The maximum atomic E-state index is 12.6. The zero-order valence-corrected chi connectivity index (χ0v) is 20.9. The largest absolute Gasteiger partial charge is 0.488 e. The number of rotatable bonds is 6. The smallest absolute Gasteiger partial charge is 0.410 e. The highest BCUT2D eigenvalue weighted by molar-refractivity contribution is 5.70. The molecule has 10 nitrogen and oxygen atoms in total. The molecule has 2 unspecified atom stereocenters. The third-order valence-corrected chi connectivity index (χ3v) is 8.82. The molecule has 2 aromatic rings. The summed E-state index contributed by atoms with van der Waals surface area (Å²) in [7, 11) is 1.78. The van der Waals surface area contributed by atoms with Crippen LogP contribution < -0.4 is 4.74 Å². The molecule has 3 heterocycles. The van der Waals surface area contributed by atoms with Gasteiger partial charge in [0.15, 0.2) is 0 Å². The van der Waals surface area contributed by atoms with Crippen LogP contribution in [-0.4, -0.2) is 61.2 Å². The molecule has 6 rings (SSSR count). The molecule has 3 atom stereocenters. The molecule has 0 radical (unpaired) electrons. The average Bonchev–Trinajstić information content (AvgIpc) is 3.64. The summed E-state index contributed by atoms with van der Waals surface area (Å²) in [6.45, 7) is 3.53. The lowest BCUT2D eigenvalue weighted by Gasteiger charge is -2.27. The van der Waals surface area contributed by atoms with E-state index >= 15 is 0 Å². The van der Waals surface area contributed by atoms with Crippen molar-refractivity contribution in [3.63, 3.8) is 0 Å². The number of amides is 1. The number of aromatic nitrogens is 4. The first kappa shape index (κ1) is 23.2. The fourth-order valence-electron chi connectivity index (χ4n) is 6.15. The van der Waals surface area contributed by atoms with E-state index in [-0.39, 0.29) is 30.1 Å². The van der Waals surface area contributed by atoms with Gasteiger partial charge in [-0.15, -0.1) is 5.10 Å². The summed E-state index contributed by atoms with van der Waals surface area (Å²) in [6.07, 6.45) is 7.55. The van der Waals surface area contributed by atoms with Crippen LogP contribution in [0.25, 0.3) is 11.4 Å². The Bertz CT molecular complexity index is 1210. The molecule has 10 heteroatoms. The zero-order valence-electron chi connectivity index (χ0n) is 20.9. The number of carbonyl (C=O) groups excluding carboxylic acids is 1. The van der Waals surface area contributed by atoms with Crippen molar-refractivity contribution in [1.29, 1.82) is 0 Å². The van der Waals surface area contributed by atoms with E-state index in [4.69, 9.17) is 14.5 Å². The van der Waals surface area contributed by atoms with E-state index < -0.39 is 5.97 Å². The molecule has 1 aliphatic heterocycles. The average molecular weight is 496 g/mol. The first-order valence-electron chi connectivity index (χ1n) is 13.0. The van der Waals surface area contributed by atoms with Crippen LogP contribution in [0.3, 0.4) is 0 Å². The molecule has 1 saturated heterocycles. The summed E-state index contributed by atoms with van der Waals surface area (Å²) in [5.74, 6) is -0.254. The predicted molar refractivity (Wildman–Crippen MR) is 128 cm³/mol. The molecular weight excluding hydrogens is 462 g/mol. The summed E-state index contributed by atoms with van der Waals surface area (Å²) >= 11 is 0. The van der Waals surface area contributed by atoms with Gasteiger partial charge in [0.05, 0.1) is 17.3 Å². The van der Waals surface area contributed by atoms with E-state index in [0.29, 0.717) is 34.7 Å². The van der Waals surface area contributed by atoms with Gasteiger partial charge in [0.2, 0.25) is 0 Å². The monoisotopic (exact) mass is 495 g/mol. The molecule has 36 heavy (non-hydrogen) atoms. The van der Waals surface area contributed by atoms with Crippen molar-refractivity contribution in [3.8, 4) is 17.1 Å². The summed E-state index contributed by atoms with van der Waals surface area (Å²) in [6, 6.07) is 3.75. The Kier molecular flexibility index (Phi) is 5.46. The third kappa shape index (κ3) is 4.20. The number of carbonyl (C=O) groups is 2. The van der Waals surface area contributed by atoms with Crippen molar-refractivity contribution in [3.05, 3.63) is 23.5 Å². The number of likely N-dealkylation sites (tertiary alicyclic amines) is 1. The zero-order chi connectivity index (χ0) is 25.1. The Morgan fingerprint density at radius 1 is 1.19 bits per heavy atom. The second kappa shape index (κ2) is 8.45. The molecule has 192 valence electrons. The van der Waals surface area contributed by atoms with E-state index in [9.17, 15) is 14.7 Å². The van der Waals surface area contributed by atoms with E-state index in [1.807, 2.05) is 19.1 Å². The van der Waals surface area contributed by atoms with Gasteiger partial charge in [-0.2, -0.15) is 0 Å². The Morgan fingerprint density at radius 3 is 2.75 bits per heavy atom. The van der Waals surface area contributed by atoms with Crippen LogP contribution in [0.5, 0.6) is 5.75 Å². The molecular formula is C26H33N5O5. The van der Waals surface area contributed by atoms with Crippen molar-refractivity contribution in [2.45, 2.75) is 71.0 Å². The highest BCUT2D eigenvalue weighted by Gasteiger charge is 2.58. The highest BCUT2D eigenvalue weighted by atomic mass is 16.6. The van der Waals surface area contributed by atoms with Crippen LogP contribution in [0.2, 0.25) is 0 Å². The van der Waals surface area contributed by atoms with Gasteiger partial charge in [0.1, 0.15) is 29.8 Å². The fraction of sp³-hybridized carbons (Fsp3) is 0.654. The van der Waals surface area contributed by atoms with Crippen molar-refractivity contribution in [2.75, 3.05) is 13.1 Å². The number of ether oxygens (including phenoxy) is 2. The summed E-state index contributed by atoms with van der Waals surface area (Å²) in [5, 5.41) is 17.8. The van der Waals surface area contributed by atoms with E-state index in [2.05, 4.69) is 10.3 Å². The van der Waals surface area contributed by atoms with Crippen LogP contribution >= 0.6 is 0 Å². The second-order valence-corrected chi connectivity index (χ2v) is 11.3.